The van der Waals surface area contributed by atoms with E-state index in [0.717, 1.165) is 25.0 Å². The van der Waals surface area contributed by atoms with E-state index >= 15 is 0 Å². The van der Waals surface area contributed by atoms with Crippen molar-refractivity contribution in [3.05, 3.63) is 24.2 Å². The molecule has 0 bridgehead atoms. The summed E-state index contributed by atoms with van der Waals surface area (Å²) in [6, 6.07) is 5.54. The third kappa shape index (κ3) is 2.90. The number of nitrogens with zero attached hydrogens (tertiary/aromatic N) is 1. The zero-order valence-electron chi connectivity index (χ0n) is 10.9. The first-order valence-electron chi connectivity index (χ1n) is 6.73. The van der Waals surface area contributed by atoms with Gasteiger partial charge in [-0.25, -0.2) is 0 Å². The van der Waals surface area contributed by atoms with E-state index in [4.69, 9.17) is 10.2 Å². The van der Waals surface area contributed by atoms with Gasteiger partial charge < -0.3 is 10.2 Å². The highest BCUT2D eigenvalue weighted by molar-refractivity contribution is 5.05. The quantitative estimate of drug-likeness (QED) is 0.874. The fourth-order valence-electron chi connectivity index (χ4n) is 2.93. The van der Waals surface area contributed by atoms with Crippen molar-refractivity contribution >= 4 is 0 Å². The van der Waals surface area contributed by atoms with Crippen LogP contribution in [0.15, 0.2) is 22.8 Å². The predicted molar refractivity (Wildman–Crippen MR) is 69.7 cm³/mol. The standard InChI is InChI=1S/C14H24N2O/c1-3-13(14-5-4-10-17-14)16(2)12-8-6-11(15)7-9-12/h4-5,10-13H,3,6-9,15H2,1-2H3. The SMILES string of the molecule is CCC(c1ccco1)N(C)C1CCC(N)CC1. The summed E-state index contributed by atoms with van der Waals surface area (Å²) in [7, 11) is 2.22. The fraction of sp³-hybridized carbons (Fsp3) is 0.714. The van der Waals surface area contributed by atoms with Crippen LogP contribution in [0.1, 0.15) is 50.8 Å². The minimum Gasteiger partial charge on any atom is -0.468 e. The van der Waals surface area contributed by atoms with Crippen LogP contribution in [0.4, 0.5) is 0 Å². The molecule has 0 radical (unpaired) electrons. The van der Waals surface area contributed by atoms with Gasteiger partial charge in [-0.3, -0.25) is 4.90 Å². The molecule has 0 aromatic carbocycles. The van der Waals surface area contributed by atoms with Crippen molar-refractivity contribution in [3.63, 3.8) is 0 Å². The summed E-state index contributed by atoms with van der Waals surface area (Å²) in [4.78, 5) is 2.48. The molecule has 0 aliphatic heterocycles. The van der Waals surface area contributed by atoms with Gasteiger partial charge in [0, 0.05) is 12.1 Å². The van der Waals surface area contributed by atoms with E-state index in [9.17, 15) is 0 Å². The molecule has 1 aliphatic carbocycles. The molecule has 1 heterocycles. The lowest BCUT2D eigenvalue weighted by Crippen LogP contribution is -2.40. The number of furan rings is 1. The Morgan fingerprint density at radius 1 is 1.41 bits per heavy atom. The summed E-state index contributed by atoms with van der Waals surface area (Å²) < 4.78 is 5.55. The zero-order chi connectivity index (χ0) is 12.3. The van der Waals surface area contributed by atoms with Crippen LogP contribution in [0, 0.1) is 0 Å². The predicted octanol–water partition coefficient (Wildman–Crippen LogP) is 2.93. The van der Waals surface area contributed by atoms with Gasteiger partial charge in [0.05, 0.1) is 12.3 Å². The normalized spacial score (nSPS) is 27.3. The monoisotopic (exact) mass is 236 g/mol. The van der Waals surface area contributed by atoms with Crippen molar-refractivity contribution in [1.82, 2.24) is 4.90 Å². The molecule has 96 valence electrons. The molecule has 2 rings (SSSR count). The van der Waals surface area contributed by atoms with Gasteiger partial charge in [0.2, 0.25) is 0 Å². The second-order valence-corrected chi connectivity index (χ2v) is 5.17. The third-order valence-corrected chi connectivity index (χ3v) is 4.07. The molecule has 3 heteroatoms. The zero-order valence-corrected chi connectivity index (χ0v) is 10.9. The summed E-state index contributed by atoms with van der Waals surface area (Å²) in [5.41, 5.74) is 5.96. The van der Waals surface area contributed by atoms with Crippen LogP contribution in [-0.4, -0.2) is 24.0 Å². The molecular formula is C14H24N2O. The van der Waals surface area contributed by atoms with Crippen LogP contribution in [0.25, 0.3) is 0 Å². The molecule has 1 aromatic heterocycles. The first kappa shape index (κ1) is 12.7. The first-order valence-corrected chi connectivity index (χ1v) is 6.73. The summed E-state index contributed by atoms with van der Waals surface area (Å²) in [5, 5.41) is 0. The molecule has 0 amide bonds. The smallest absolute Gasteiger partial charge is 0.120 e. The van der Waals surface area contributed by atoms with Crippen molar-refractivity contribution in [2.24, 2.45) is 5.73 Å². The van der Waals surface area contributed by atoms with Crippen LogP contribution in [-0.2, 0) is 0 Å². The van der Waals surface area contributed by atoms with E-state index in [-0.39, 0.29) is 0 Å². The Morgan fingerprint density at radius 2 is 2.12 bits per heavy atom. The van der Waals surface area contributed by atoms with Gasteiger partial charge in [0.25, 0.3) is 0 Å². The topological polar surface area (TPSA) is 42.4 Å². The molecule has 1 unspecified atom stereocenters. The van der Waals surface area contributed by atoms with Gasteiger partial charge in [-0.1, -0.05) is 6.92 Å². The second-order valence-electron chi connectivity index (χ2n) is 5.17. The van der Waals surface area contributed by atoms with Crippen molar-refractivity contribution in [1.29, 1.82) is 0 Å². The molecule has 1 saturated carbocycles. The van der Waals surface area contributed by atoms with E-state index in [1.165, 1.54) is 12.8 Å². The van der Waals surface area contributed by atoms with Crippen molar-refractivity contribution < 1.29 is 4.42 Å². The number of rotatable bonds is 4. The minimum atomic E-state index is 0.407. The molecule has 1 aliphatic rings. The van der Waals surface area contributed by atoms with E-state index < -0.39 is 0 Å². The van der Waals surface area contributed by atoms with E-state index in [1.54, 1.807) is 6.26 Å². The molecule has 1 atom stereocenters. The summed E-state index contributed by atoms with van der Waals surface area (Å²) >= 11 is 0. The lowest BCUT2D eigenvalue weighted by Gasteiger charge is -2.37. The minimum absolute atomic E-state index is 0.407. The maximum atomic E-state index is 5.96. The number of nitrogens with two attached hydrogens (primary N) is 1. The van der Waals surface area contributed by atoms with Crippen molar-refractivity contribution in [2.75, 3.05) is 7.05 Å². The number of hydrogen-bond donors (Lipinski definition) is 1. The van der Waals surface area contributed by atoms with Crippen molar-refractivity contribution in [2.45, 2.75) is 57.2 Å². The average Bonchev–Trinajstić information content (AvgIpc) is 2.84. The van der Waals surface area contributed by atoms with Gasteiger partial charge in [-0.15, -0.1) is 0 Å². The molecule has 17 heavy (non-hydrogen) atoms. The Hall–Kier alpha value is -0.800. The Balaban J connectivity index is 2.00. The summed E-state index contributed by atoms with van der Waals surface area (Å²) in [6.45, 7) is 2.22. The second kappa shape index (κ2) is 5.69. The molecule has 0 spiro atoms. The lowest BCUT2D eigenvalue weighted by molar-refractivity contribution is 0.115. The lowest BCUT2D eigenvalue weighted by atomic mass is 9.90. The van der Waals surface area contributed by atoms with Gasteiger partial charge >= 0.3 is 0 Å². The van der Waals surface area contributed by atoms with Crippen LogP contribution >= 0.6 is 0 Å². The highest BCUT2D eigenvalue weighted by atomic mass is 16.3. The Labute approximate surface area is 104 Å². The maximum Gasteiger partial charge on any atom is 0.120 e. The van der Waals surface area contributed by atoms with Gasteiger partial charge in [0.1, 0.15) is 5.76 Å². The van der Waals surface area contributed by atoms with Crippen LogP contribution in [0.5, 0.6) is 0 Å². The molecule has 3 nitrogen and oxygen atoms in total. The van der Waals surface area contributed by atoms with E-state index in [1.807, 2.05) is 6.07 Å². The highest BCUT2D eigenvalue weighted by Crippen LogP contribution is 2.30. The highest BCUT2D eigenvalue weighted by Gasteiger charge is 2.27. The van der Waals surface area contributed by atoms with Crippen LogP contribution in [0.2, 0.25) is 0 Å². The van der Waals surface area contributed by atoms with E-state index in [0.29, 0.717) is 18.1 Å². The molecule has 1 aromatic rings. The molecule has 2 N–H and O–H groups in total. The number of hydrogen-bond acceptors (Lipinski definition) is 3. The fourth-order valence-corrected chi connectivity index (χ4v) is 2.93. The van der Waals surface area contributed by atoms with Crippen LogP contribution in [0.3, 0.4) is 0 Å². The van der Waals surface area contributed by atoms with Gasteiger partial charge in [0.15, 0.2) is 0 Å². The Kier molecular flexibility index (Phi) is 4.24. The van der Waals surface area contributed by atoms with Gasteiger partial charge in [-0.2, -0.15) is 0 Å². The first-order chi connectivity index (χ1) is 8.22. The summed E-state index contributed by atoms with van der Waals surface area (Å²) in [6.07, 6.45) is 7.60. The van der Waals surface area contributed by atoms with Crippen molar-refractivity contribution in [3.8, 4) is 0 Å². The molecular weight excluding hydrogens is 212 g/mol. The third-order valence-electron chi connectivity index (χ3n) is 4.07. The molecule has 0 saturated heterocycles. The van der Waals surface area contributed by atoms with E-state index in [2.05, 4.69) is 24.9 Å². The average molecular weight is 236 g/mol. The Morgan fingerprint density at radius 3 is 2.65 bits per heavy atom. The Bertz CT molecular complexity index is 315. The maximum absolute atomic E-state index is 5.96. The largest absolute Gasteiger partial charge is 0.468 e. The summed E-state index contributed by atoms with van der Waals surface area (Å²) in [5.74, 6) is 1.09. The van der Waals surface area contributed by atoms with Crippen LogP contribution < -0.4 is 5.73 Å². The molecule has 1 fully saturated rings. The van der Waals surface area contributed by atoms with Gasteiger partial charge in [-0.05, 0) is 51.3 Å².